The molecule has 10 heteroatoms. The molecule has 0 aromatic rings. The molecule has 2 heterocycles. The number of hydrogen-bond donors (Lipinski definition) is 1. The number of nitrogens with one attached hydrogen (secondary N) is 1. The van der Waals surface area contributed by atoms with Gasteiger partial charge in [0, 0.05) is 5.70 Å². The van der Waals surface area contributed by atoms with Crippen LogP contribution in [0.1, 0.15) is 20.3 Å². The number of methoxy groups -OCH3 is 3. The largest absolute Gasteiger partial charge is 0.468 e. The minimum absolute atomic E-state index is 0.124. The van der Waals surface area contributed by atoms with Crippen LogP contribution >= 0.6 is 0 Å². The smallest absolute Gasteiger partial charge is 0.425 e. The fourth-order valence-electron chi connectivity index (χ4n) is 3.31. The number of amides is 1. The van der Waals surface area contributed by atoms with E-state index in [0.29, 0.717) is 0 Å². The van der Waals surface area contributed by atoms with E-state index in [1.807, 2.05) is 0 Å². The van der Waals surface area contributed by atoms with Crippen molar-refractivity contribution in [3.05, 3.63) is 11.3 Å². The summed E-state index contributed by atoms with van der Waals surface area (Å²) in [6.07, 6.45) is -1.31. The lowest BCUT2D eigenvalue weighted by Crippen LogP contribution is -2.60. The maximum Gasteiger partial charge on any atom is 0.425 e. The van der Waals surface area contributed by atoms with E-state index in [1.165, 1.54) is 13.8 Å². The molecule has 0 aromatic heterocycles. The van der Waals surface area contributed by atoms with E-state index in [0.717, 1.165) is 26.3 Å². The number of carbonyl (C=O) groups is 4. The number of allylic oxidation sites excluding steroid dienone is 1. The minimum Gasteiger partial charge on any atom is -0.468 e. The standard InChI is InChI=1S/C14H18N2O8/c1-7-9(10(18)21-3)14(11(19)22-4)6-8(17)24-13(14,2)16(7)15-12(20)23-5/h6H2,1-5H3,(H,15,20). The highest BCUT2D eigenvalue weighted by atomic mass is 16.6. The quantitative estimate of drug-likeness (QED) is 0.551. The van der Waals surface area contributed by atoms with Gasteiger partial charge in [-0.1, -0.05) is 0 Å². The fraction of sp³-hybridized carbons (Fsp3) is 0.571. The highest BCUT2D eigenvalue weighted by molar-refractivity contribution is 6.04. The van der Waals surface area contributed by atoms with E-state index >= 15 is 0 Å². The molecule has 10 nitrogen and oxygen atoms in total. The van der Waals surface area contributed by atoms with Gasteiger partial charge in [-0.2, -0.15) is 0 Å². The van der Waals surface area contributed by atoms with E-state index in [1.54, 1.807) is 0 Å². The Hall–Kier alpha value is -2.78. The molecule has 1 fully saturated rings. The molecule has 1 saturated heterocycles. The molecule has 2 aliphatic rings. The lowest BCUT2D eigenvalue weighted by atomic mass is 9.73. The summed E-state index contributed by atoms with van der Waals surface area (Å²) in [6, 6.07) is 0. The van der Waals surface area contributed by atoms with Gasteiger partial charge in [0.05, 0.1) is 33.3 Å². The molecule has 2 rings (SSSR count). The number of hydrazine groups is 1. The number of ether oxygens (including phenoxy) is 4. The number of nitrogens with zero attached hydrogens (tertiary/aromatic N) is 1. The molecule has 0 aromatic carbocycles. The van der Waals surface area contributed by atoms with Crippen molar-refractivity contribution in [1.29, 1.82) is 0 Å². The molecule has 0 radical (unpaired) electrons. The summed E-state index contributed by atoms with van der Waals surface area (Å²) >= 11 is 0. The lowest BCUT2D eigenvalue weighted by Gasteiger charge is -2.39. The SMILES string of the molecule is COC(=O)NN1C(C)=C(C(=O)OC)C2(C(=O)OC)CC(=O)OC12C. The molecular weight excluding hydrogens is 324 g/mol. The summed E-state index contributed by atoms with van der Waals surface area (Å²) in [5.41, 5.74) is -1.09. The number of fused-ring (bicyclic) bond motifs is 1. The first-order valence-electron chi connectivity index (χ1n) is 6.94. The molecule has 2 aliphatic heterocycles. The van der Waals surface area contributed by atoms with Crippen molar-refractivity contribution in [2.45, 2.75) is 26.0 Å². The maximum absolute atomic E-state index is 12.6. The number of esters is 3. The number of hydrogen-bond acceptors (Lipinski definition) is 9. The zero-order chi connectivity index (χ0) is 18.3. The van der Waals surface area contributed by atoms with Crippen molar-refractivity contribution < 1.29 is 38.1 Å². The van der Waals surface area contributed by atoms with Crippen molar-refractivity contribution in [3.63, 3.8) is 0 Å². The van der Waals surface area contributed by atoms with Gasteiger partial charge >= 0.3 is 24.0 Å². The van der Waals surface area contributed by atoms with E-state index in [-0.39, 0.29) is 11.3 Å². The molecule has 2 atom stereocenters. The third-order valence-corrected chi connectivity index (χ3v) is 4.38. The monoisotopic (exact) mass is 342 g/mol. The predicted octanol–water partition coefficient (Wildman–Crippen LogP) is -0.157. The van der Waals surface area contributed by atoms with Gasteiger partial charge in [-0.15, -0.1) is 0 Å². The molecular formula is C14H18N2O8. The van der Waals surface area contributed by atoms with Crippen LogP contribution in [0.25, 0.3) is 0 Å². The van der Waals surface area contributed by atoms with Crippen LogP contribution in [0.15, 0.2) is 11.3 Å². The third kappa shape index (κ3) is 2.02. The van der Waals surface area contributed by atoms with Gasteiger partial charge < -0.3 is 18.9 Å². The predicted molar refractivity (Wildman–Crippen MR) is 75.7 cm³/mol. The molecule has 24 heavy (non-hydrogen) atoms. The second-order valence-corrected chi connectivity index (χ2v) is 5.42. The fourth-order valence-corrected chi connectivity index (χ4v) is 3.31. The van der Waals surface area contributed by atoms with Crippen LogP contribution in [-0.4, -0.2) is 56.1 Å². The van der Waals surface area contributed by atoms with Gasteiger partial charge in [-0.3, -0.25) is 9.59 Å². The lowest BCUT2D eigenvalue weighted by molar-refractivity contribution is -0.185. The van der Waals surface area contributed by atoms with Crippen molar-refractivity contribution in [3.8, 4) is 0 Å². The Bertz CT molecular complexity index is 657. The second-order valence-electron chi connectivity index (χ2n) is 5.42. The molecule has 1 amide bonds. The van der Waals surface area contributed by atoms with Crippen LogP contribution in [0, 0.1) is 5.41 Å². The first kappa shape index (κ1) is 17.6. The molecule has 0 aliphatic carbocycles. The Morgan fingerprint density at radius 3 is 2.29 bits per heavy atom. The minimum atomic E-state index is -1.78. The molecule has 2 unspecified atom stereocenters. The zero-order valence-corrected chi connectivity index (χ0v) is 13.9. The summed E-state index contributed by atoms with van der Waals surface area (Å²) in [5.74, 6) is -2.42. The van der Waals surface area contributed by atoms with E-state index in [4.69, 9.17) is 14.2 Å². The van der Waals surface area contributed by atoms with Crippen molar-refractivity contribution in [2.75, 3.05) is 21.3 Å². The Morgan fingerprint density at radius 2 is 1.79 bits per heavy atom. The number of carbonyl (C=O) groups excluding carboxylic acids is 4. The molecule has 0 spiro atoms. The van der Waals surface area contributed by atoms with Gasteiger partial charge in [-0.25, -0.2) is 20.0 Å². The highest BCUT2D eigenvalue weighted by Gasteiger charge is 2.74. The Kier molecular flexibility index (Phi) is 4.17. The Morgan fingerprint density at radius 1 is 1.17 bits per heavy atom. The van der Waals surface area contributed by atoms with Crippen molar-refractivity contribution in [2.24, 2.45) is 5.41 Å². The first-order chi connectivity index (χ1) is 11.2. The van der Waals surface area contributed by atoms with Crippen molar-refractivity contribution >= 4 is 24.0 Å². The summed E-state index contributed by atoms with van der Waals surface area (Å²) < 4.78 is 19.4. The van der Waals surface area contributed by atoms with Crippen LogP contribution in [-0.2, 0) is 33.3 Å². The average Bonchev–Trinajstić information content (AvgIpc) is 2.91. The van der Waals surface area contributed by atoms with E-state index in [2.05, 4.69) is 10.2 Å². The van der Waals surface area contributed by atoms with Crippen LogP contribution in [0.4, 0.5) is 4.79 Å². The van der Waals surface area contributed by atoms with Crippen LogP contribution in [0.3, 0.4) is 0 Å². The summed E-state index contributed by atoms with van der Waals surface area (Å²) in [4.78, 5) is 48.5. The molecule has 0 bridgehead atoms. The molecule has 1 N–H and O–H groups in total. The van der Waals surface area contributed by atoms with Crippen LogP contribution in [0.2, 0.25) is 0 Å². The Balaban J connectivity index is 2.71. The maximum atomic E-state index is 12.6. The Labute approximate surface area is 137 Å². The normalized spacial score (nSPS) is 28.2. The average molecular weight is 342 g/mol. The van der Waals surface area contributed by atoms with Gasteiger partial charge in [0.1, 0.15) is 0 Å². The summed E-state index contributed by atoms with van der Waals surface area (Å²) in [6.45, 7) is 2.87. The van der Waals surface area contributed by atoms with Gasteiger partial charge in [0.25, 0.3) is 0 Å². The summed E-state index contributed by atoms with van der Waals surface area (Å²) in [5, 5.41) is 1.10. The molecule has 132 valence electrons. The van der Waals surface area contributed by atoms with E-state index in [9.17, 15) is 19.2 Å². The second kappa shape index (κ2) is 5.69. The van der Waals surface area contributed by atoms with E-state index < -0.39 is 41.6 Å². The highest BCUT2D eigenvalue weighted by Crippen LogP contribution is 2.58. The van der Waals surface area contributed by atoms with Crippen molar-refractivity contribution in [1.82, 2.24) is 10.4 Å². The number of rotatable bonds is 3. The van der Waals surface area contributed by atoms with Gasteiger partial charge in [0.2, 0.25) is 5.72 Å². The topological polar surface area (TPSA) is 120 Å². The van der Waals surface area contributed by atoms with Crippen LogP contribution < -0.4 is 5.43 Å². The third-order valence-electron chi connectivity index (χ3n) is 4.38. The summed E-state index contributed by atoms with van der Waals surface area (Å²) in [7, 11) is 3.40. The zero-order valence-electron chi connectivity index (χ0n) is 13.9. The van der Waals surface area contributed by atoms with Gasteiger partial charge in [-0.05, 0) is 13.8 Å². The van der Waals surface area contributed by atoms with Gasteiger partial charge in [0.15, 0.2) is 5.41 Å². The van der Waals surface area contributed by atoms with Crippen LogP contribution in [0.5, 0.6) is 0 Å². The first-order valence-corrected chi connectivity index (χ1v) is 6.94. The molecule has 0 saturated carbocycles.